The first-order valence-corrected chi connectivity index (χ1v) is 22.5. The summed E-state index contributed by atoms with van der Waals surface area (Å²) in [5.41, 5.74) is 10.4. The molecule has 1 N–H and O–H groups in total. The van der Waals surface area contributed by atoms with E-state index in [9.17, 15) is 0 Å². The first-order chi connectivity index (χ1) is 31.6. The van der Waals surface area contributed by atoms with Crippen molar-refractivity contribution in [1.29, 1.82) is 0 Å². The highest BCUT2D eigenvalue weighted by molar-refractivity contribution is 7.26. The molecule has 14 aromatic rings. The van der Waals surface area contributed by atoms with Gasteiger partial charge in [-0.05, 0) is 97.5 Å². The number of fused-ring (bicyclic) bond motifs is 14. The van der Waals surface area contributed by atoms with Crippen LogP contribution in [0.4, 0.5) is 0 Å². The van der Waals surface area contributed by atoms with Gasteiger partial charge in [-0.2, -0.15) is 9.97 Å². The van der Waals surface area contributed by atoms with Crippen molar-refractivity contribution in [3.05, 3.63) is 187 Å². The number of thiophene rings is 1. The molecule has 0 saturated heterocycles. The number of para-hydroxylation sites is 1. The molecule has 14 rings (SSSR count). The Kier molecular flexibility index (Phi) is 7.55. The van der Waals surface area contributed by atoms with Gasteiger partial charge in [-0.15, -0.1) is 11.3 Å². The largest absolute Gasteiger partial charge is 0.456 e. The highest BCUT2D eigenvalue weighted by Crippen LogP contribution is 2.47. The van der Waals surface area contributed by atoms with E-state index in [4.69, 9.17) is 21.0 Å². The number of aromatic nitrogens is 4. The zero-order valence-corrected chi connectivity index (χ0v) is 35.4. The molecule has 0 unspecified atom stereocenters. The average Bonchev–Trinajstić information content (AvgIpc) is 4.04. The van der Waals surface area contributed by atoms with Crippen LogP contribution in [0.15, 0.2) is 186 Å². The van der Waals surface area contributed by atoms with Gasteiger partial charge in [-0.1, -0.05) is 140 Å². The molecule has 10 aromatic carbocycles. The van der Waals surface area contributed by atoms with E-state index < -0.39 is 0 Å². The second-order valence-electron chi connectivity index (χ2n) is 16.5. The van der Waals surface area contributed by atoms with Crippen molar-refractivity contribution in [3.63, 3.8) is 0 Å². The molecule has 0 aliphatic rings. The SMILES string of the molecule is Clc1nc(-c2ccc3ccccc3c2)nc(-c2ccc3c(c2)oc2ccc(-c4cccc5c4ccc4sc6c(-c7cccc8c7[nH]c7ccc9ccccc9c78)cccc6c45)cc23)n1. The molecule has 64 heavy (non-hydrogen) atoms. The van der Waals surface area contributed by atoms with Crippen LogP contribution in [0.3, 0.4) is 0 Å². The van der Waals surface area contributed by atoms with Gasteiger partial charge in [-0.25, -0.2) is 4.98 Å². The minimum Gasteiger partial charge on any atom is -0.456 e. The number of nitrogens with zero attached hydrogens (tertiary/aromatic N) is 3. The molecule has 0 aliphatic carbocycles. The number of furan rings is 1. The van der Waals surface area contributed by atoms with Crippen molar-refractivity contribution < 1.29 is 4.42 Å². The van der Waals surface area contributed by atoms with Crippen LogP contribution in [-0.2, 0) is 0 Å². The van der Waals surface area contributed by atoms with Crippen LogP contribution in [0.5, 0.6) is 0 Å². The number of halogens is 1. The molecule has 0 fully saturated rings. The minimum atomic E-state index is 0.141. The first-order valence-electron chi connectivity index (χ1n) is 21.3. The van der Waals surface area contributed by atoms with Crippen LogP contribution in [-0.4, -0.2) is 19.9 Å². The molecule has 0 aliphatic heterocycles. The van der Waals surface area contributed by atoms with Crippen molar-refractivity contribution in [3.8, 4) is 45.0 Å². The lowest BCUT2D eigenvalue weighted by atomic mass is 9.94. The third kappa shape index (κ3) is 5.33. The second kappa shape index (κ2) is 13.5. The number of aromatic amines is 1. The Bertz CT molecular complexity index is 4300. The van der Waals surface area contributed by atoms with Crippen LogP contribution >= 0.6 is 22.9 Å². The van der Waals surface area contributed by atoms with Crippen LogP contribution in [0, 0.1) is 0 Å². The Morgan fingerprint density at radius 3 is 2.00 bits per heavy atom. The van der Waals surface area contributed by atoms with E-state index in [2.05, 4.69) is 167 Å². The smallest absolute Gasteiger partial charge is 0.226 e. The highest BCUT2D eigenvalue weighted by atomic mass is 35.5. The number of benzene rings is 10. The Morgan fingerprint density at radius 1 is 0.422 bits per heavy atom. The molecule has 298 valence electrons. The van der Waals surface area contributed by atoms with E-state index in [1.807, 2.05) is 41.7 Å². The highest BCUT2D eigenvalue weighted by Gasteiger charge is 2.19. The zero-order valence-electron chi connectivity index (χ0n) is 33.9. The van der Waals surface area contributed by atoms with Crippen LogP contribution < -0.4 is 0 Å². The maximum atomic E-state index is 6.51. The fraction of sp³-hybridized carbons (Fsp3) is 0. The fourth-order valence-electron chi connectivity index (χ4n) is 10.1. The summed E-state index contributed by atoms with van der Waals surface area (Å²) in [5.74, 6) is 1.01. The van der Waals surface area contributed by atoms with E-state index in [1.165, 1.54) is 74.7 Å². The topological polar surface area (TPSA) is 67.6 Å². The molecule has 0 saturated carbocycles. The van der Waals surface area contributed by atoms with E-state index in [0.29, 0.717) is 11.6 Å². The molecule has 0 radical (unpaired) electrons. The lowest BCUT2D eigenvalue weighted by Crippen LogP contribution is -1.97. The summed E-state index contributed by atoms with van der Waals surface area (Å²) in [6, 6.07) is 64.9. The molecule has 0 atom stereocenters. The van der Waals surface area contributed by atoms with Crippen LogP contribution in [0.25, 0.3) is 141 Å². The standard InChI is InChI=1S/C57H31ClN4OS/c58-57-61-55(35-19-18-31-8-1-2-10-33(31)28-35)60-56(62-57)36-20-23-40-46-29-34(22-26-48(46)63-49(40)30-36)37-12-5-13-41-39(37)24-27-50-52(41)45-17-7-15-43(54(45)64-50)42-14-6-16-44-51-38-11-4-3-9-32(38)21-25-47(51)59-53(42)44/h1-30,59H. The normalized spacial score (nSPS) is 12.1. The summed E-state index contributed by atoms with van der Waals surface area (Å²) in [6.07, 6.45) is 0. The zero-order chi connectivity index (χ0) is 42.0. The summed E-state index contributed by atoms with van der Waals surface area (Å²) in [5, 5.41) is 14.5. The molecular formula is C57H31ClN4OS. The van der Waals surface area contributed by atoms with E-state index in [-0.39, 0.29) is 5.28 Å². The number of nitrogens with one attached hydrogen (secondary N) is 1. The average molecular weight is 855 g/mol. The molecule has 0 bridgehead atoms. The van der Waals surface area contributed by atoms with Crippen molar-refractivity contribution in [2.75, 3.05) is 0 Å². The Hall–Kier alpha value is -7.90. The lowest BCUT2D eigenvalue weighted by Gasteiger charge is -2.09. The summed E-state index contributed by atoms with van der Waals surface area (Å²) >= 11 is 8.39. The van der Waals surface area contributed by atoms with Gasteiger partial charge in [0.2, 0.25) is 5.28 Å². The number of hydrogen-bond acceptors (Lipinski definition) is 5. The molecule has 4 aromatic heterocycles. The van der Waals surface area contributed by atoms with Crippen molar-refractivity contribution in [2.24, 2.45) is 0 Å². The van der Waals surface area contributed by atoms with E-state index >= 15 is 0 Å². The third-order valence-corrected chi connectivity index (χ3v) is 14.4. The van der Waals surface area contributed by atoms with E-state index in [0.717, 1.165) is 54.9 Å². The lowest BCUT2D eigenvalue weighted by molar-refractivity contribution is 0.669. The maximum absolute atomic E-state index is 6.51. The van der Waals surface area contributed by atoms with Gasteiger partial charge in [-0.3, -0.25) is 0 Å². The minimum absolute atomic E-state index is 0.141. The fourth-order valence-corrected chi connectivity index (χ4v) is 11.5. The molecular weight excluding hydrogens is 824 g/mol. The summed E-state index contributed by atoms with van der Waals surface area (Å²) < 4.78 is 9.06. The maximum Gasteiger partial charge on any atom is 0.226 e. The van der Waals surface area contributed by atoms with Crippen molar-refractivity contribution in [2.45, 2.75) is 0 Å². The van der Waals surface area contributed by atoms with Gasteiger partial charge < -0.3 is 9.40 Å². The number of H-pyrrole nitrogens is 1. The van der Waals surface area contributed by atoms with Crippen LogP contribution in [0.2, 0.25) is 5.28 Å². The monoisotopic (exact) mass is 854 g/mol. The first kappa shape index (κ1) is 35.7. The van der Waals surface area contributed by atoms with Crippen LogP contribution in [0.1, 0.15) is 0 Å². The molecule has 0 spiro atoms. The Morgan fingerprint density at radius 2 is 1.11 bits per heavy atom. The summed E-state index contributed by atoms with van der Waals surface area (Å²) in [6.45, 7) is 0. The molecule has 4 heterocycles. The molecule has 7 heteroatoms. The van der Waals surface area contributed by atoms with E-state index in [1.54, 1.807) is 0 Å². The van der Waals surface area contributed by atoms with Gasteiger partial charge in [0, 0.05) is 69.5 Å². The Balaban J connectivity index is 0.864. The number of hydrogen-bond donors (Lipinski definition) is 1. The van der Waals surface area contributed by atoms with Gasteiger partial charge in [0.25, 0.3) is 0 Å². The predicted octanol–water partition coefficient (Wildman–Crippen LogP) is 16.6. The van der Waals surface area contributed by atoms with Crippen molar-refractivity contribution in [1.82, 2.24) is 19.9 Å². The second-order valence-corrected chi connectivity index (χ2v) is 17.9. The molecule has 0 amide bonds. The third-order valence-electron chi connectivity index (χ3n) is 13.0. The van der Waals surface area contributed by atoms with Crippen molar-refractivity contribution >= 4 is 119 Å². The summed E-state index contributed by atoms with van der Waals surface area (Å²) in [4.78, 5) is 17.7. The Labute approximate surface area is 373 Å². The van der Waals surface area contributed by atoms with Gasteiger partial charge in [0.1, 0.15) is 11.2 Å². The quantitative estimate of drug-likeness (QED) is 0.191. The van der Waals surface area contributed by atoms with Gasteiger partial charge in [0.15, 0.2) is 11.6 Å². The summed E-state index contributed by atoms with van der Waals surface area (Å²) in [7, 11) is 0. The molecule has 5 nitrogen and oxygen atoms in total. The van der Waals surface area contributed by atoms with Gasteiger partial charge >= 0.3 is 0 Å². The van der Waals surface area contributed by atoms with Gasteiger partial charge in [0.05, 0.1) is 5.52 Å². The predicted molar refractivity (Wildman–Crippen MR) is 269 cm³/mol. The number of rotatable bonds is 4.